The Kier molecular flexibility index (Phi) is 6.70. The Balaban J connectivity index is 1.83. The van der Waals surface area contributed by atoms with Gasteiger partial charge < -0.3 is 20.3 Å². The van der Waals surface area contributed by atoms with E-state index in [0.717, 1.165) is 12.1 Å². The Morgan fingerprint density at radius 1 is 1.28 bits per heavy atom. The topological polar surface area (TPSA) is 103 Å². The van der Waals surface area contributed by atoms with Gasteiger partial charge >= 0.3 is 12.4 Å². The lowest BCUT2D eigenvalue weighted by atomic mass is 10.0. The number of nitrogens with one attached hydrogen (secondary N) is 2. The highest BCUT2D eigenvalue weighted by atomic mass is 19.4. The Labute approximate surface area is 181 Å². The normalized spacial score (nSPS) is 16.8. The highest BCUT2D eigenvalue weighted by Gasteiger charge is 2.33. The minimum atomic E-state index is -4.84. The van der Waals surface area contributed by atoms with Crippen molar-refractivity contribution in [3.63, 3.8) is 0 Å². The summed E-state index contributed by atoms with van der Waals surface area (Å²) < 4.78 is 41.1. The number of ether oxygens (including phenoxy) is 1. The first-order valence-electron chi connectivity index (χ1n) is 9.73. The molecular weight excluding hydrogens is 431 g/mol. The molecule has 0 aromatic heterocycles. The Hall–Kier alpha value is -3.57. The second-order valence-corrected chi connectivity index (χ2v) is 7.40. The van der Waals surface area contributed by atoms with E-state index in [1.165, 1.54) is 21.9 Å². The Morgan fingerprint density at radius 3 is 2.59 bits per heavy atom. The summed E-state index contributed by atoms with van der Waals surface area (Å²) in [5, 5.41) is 5.40. The molecule has 0 bridgehead atoms. The molecule has 2 heterocycles. The fourth-order valence-corrected chi connectivity index (χ4v) is 3.23. The number of hydrogen-bond acceptors (Lipinski definition) is 5. The van der Waals surface area contributed by atoms with Crippen LogP contribution in [0.4, 0.5) is 18.0 Å². The van der Waals surface area contributed by atoms with Crippen molar-refractivity contribution in [1.82, 2.24) is 20.4 Å². The largest absolute Gasteiger partial charge is 0.573 e. The van der Waals surface area contributed by atoms with Crippen molar-refractivity contribution in [2.75, 3.05) is 20.6 Å². The number of benzene rings is 1. The molecular formula is C20H22F3N5O4. The molecule has 0 spiro atoms. The molecule has 1 atom stereocenters. The molecule has 12 heteroatoms. The number of hydrogen-bond donors (Lipinski definition) is 2. The summed E-state index contributed by atoms with van der Waals surface area (Å²) in [6, 6.07) is 3.35. The first-order valence-corrected chi connectivity index (χ1v) is 9.73. The maximum Gasteiger partial charge on any atom is 0.573 e. The molecule has 0 radical (unpaired) electrons. The van der Waals surface area contributed by atoms with E-state index in [2.05, 4.69) is 20.4 Å². The lowest BCUT2D eigenvalue weighted by Crippen LogP contribution is -2.50. The molecule has 3 rings (SSSR count). The van der Waals surface area contributed by atoms with Crippen molar-refractivity contribution in [3.05, 3.63) is 41.3 Å². The fraction of sp³-hybridized carbons (Fsp3) is 0.400. The SMILES string of the molecule is CN(C)C(=O)CC(NC(=O)N1CC(=O)NC2=C1N=CCC2)c1ccc(OC(F)(F)F)cc1. The van der Waals surface area contributed by atoms with Crippen LogP contribution in [-0.2, 0) is 9.59 Å². The van der Waals surface area contributed by atoms with Crippen molar-refractivity contribution in [1.29, 1.82) is 0 Å². The summed E-state index contributed by atoms with van der Waals surface area (Å²) in [4.78, 5) is 44.1. The molecule has 0 saturated heterocycles. The van der Waals surface area contributed by atoms with E-state index < -0.39 is 24.2 Å². The van der Waals surface area contributed by atoms with Gasteiger partial charge in [-0.2, -0.15) is 0 Å². The van der Waals surface area contributed by atoms with Crippen molar-refractivity contribution < 1.29 is 32.3 Å². The van der Waals surface area contributed by atoms with Crippen LogP contribution >= 0.6 is 0 Å². The van der Waals surface area contributed by atoms with Crippen molar-refractivity contribution in [2.24, 2.45) is 4.99 Å². The van der Waals surface area contributed by atoms with Crippen LogP contribution in [0.5, 0.6) is 5.75 Å². The molecule has 1 aromatic carbocycles. The summed E-state index contributed by atoms with van der Waals surface area (Å²) in [5.41, 5.74) is 0.930. The summed E-state index contributed by atoms with van der Waals surface area (Å²) in [6.07, 6.45) is -2.19. The zero-order valence-corrected chi connectivity index (χ0v) is 17.4. The third kappa shape index (κ3) is 5.77. The minimum Gasteiger partial charge on any atom is -0.406 e. The lowest BCUT2D eigenvalue weighted by molar-refractivity contribution is -0.274. The van der Waals surface area contributed by atoms with Gasteiger partial charge in [-0.15, -0.1) is 13.2 Å². The smallest absolute Gasteiger partial charge is 0.406 e. The fourth-order valence-electron chi connectivity index (χ4n) is 3.23. The third-order valence-corrected chi connectivity index (χ3v) is 4.79. The zero-order valence-electron chi connectivity index (χ0n) is 17.4. The minimum absolute atomic E-state index is 0.145. The number of alkyl halides is 3. The van der Waals surface area contributed by atoms with Crippen LogP contribution in [0.15, 0.2) is 40.8 Å². The van der Waals surface area contributed by atoms with E-state index in [-0.39, 0.29) is 24.8 Å². The Bertz CT molecular complexity index is 957. The van der Waals surface area contributed by atoms with Crippen LogP contribution in [0.2, 0.25) is 0 Å². The third-order valence-electron chi connectivity index (χ3n) is 4.79. The average Bonchev–Trinajstić information content (AvgIpc) is 2.71. The van der Waals surface area contributed by atoms with Crippen LogP contribution in [0.25, 0.3) is 0 Å². The quantitative estimate of drug-likeness (QED) is 0.714. The van der Waals surface area contributed by atoms with E-state index >= 15 is 0 Å². The van der Waals surface area contributed by atoms with Gasteiger partial charge in [0.25, 0.3) is 0 Å². The van der Waals surface area contributed by atoms with Crippen molar-refractivity contribution in [2.45, 2.75) is 31.7 Å². The van der Waals surface area contributed by atoms with E-state index in [1.807, 2.05) is 0 Å². The van der Waals surface area contributed by atoms with Gasteiger partial charge in [0.15, 0.2) is 5.82 Å². The molecule has 9 nitrogen and oxygen atoms in total. The number of aliphatic imine (C=N–C) groups is 1. The molecule has 0 aliphatic carbocycles. The molecule has 32 heavy (non-hydrogen) atoms. The van der Waals surface area contributed by atoms with Crippen LogP contribution in [0, 0.1) is 0 Å². The van der Waals surface area contributed by atoms with Crippen LogP contribution in [0.1, 0.15) is 30.9 Å². The molecule has 2 aliphatic rings. The van der Waals surface area contributed by atoms with Gasteiger partial charge in [-0.25, -0.2) is 9.79 Å². The number of halogens is 3. The first kappa shape index (κ1) is 23.1. The van der Waals surface area contributed by atoms with Gasteiger partial charge in [-0.1, -0.05) is 12.1 Å². The van der Waals surface area contributed by atoms with Gasteiger partial charge in [0.05, 0.1) is 18.2 Å². The number of carbonyl (C=O) groups excluding carboxylic acids is 3. The summed E-state index contributed by atoms with van der Waals surface area (Å²) in [7, 11) is 3.09. The predicted octanol–water partition coefficient (Wildman–Crippen LogP) is 2.28. The molecule has 0 fully saturated rings. The molecule has 4 amide bonds. The second kappa shape index (κ2) is 9.28. The van der Waals surface area contributed by atoms with Gasteiger partial charge in [0.1, 0.15) is 12.3 Å². The number of amides is 4. The van der Waals surface area contributed by atoms with E-state index in [9.17, 15) is 27.6 Å². The molecule has 2 aliphatic heterocycles. The second-order valence-electron chi connectivity index (χ2n) is 7.40. The van der Waals surface area contributed by atoms with Crippen molar-refractivity contribution >= 4 is 24.1 Å². The molecule has 0 saturated carbocycles. The standard InChI is InChI=1S/C20H22F3N5O4/c1-27(2)17(30)10-15(12-5-7-13(8-6-12)32-20(21,22)23)26-19(31)28-11-16(29)25-14-4-3-9-24-18(14)28/h5-9,15H,3-4,10-11H2,1-2H3,(H,25,29)(H,26,31). The zero-order chi connectivity index (χ0) is 23.5. The predicted molar refractivity (Wildman–Crippen MR) is 107 cm³/mol. The van der Waals surface area contributed by atoms with E-state index in [0.29, 0.717) is 29.9 Å². The van der Waals surface area contributed by atoms with Crippen LogP contribution in [0.3, 0.4) is 0 Å². The van der Waals surface area contributed by atoms with Crippen LogP contribution in [-0.4, -0.2) is 60.9 Å². The van der Waals surface area contributed by atoms with E-state index in [1.54, 1.807) is 20.3 Å². The average molecular weight is 453 g/mol. The maximum atomic E-state index is 13.0. The Morgan fingerprint density at radius 2 is 1.97 bits per heavy atom. The monoisotopic (exact) mass is 453 g/mol. The summed E-state index contributed by atoms with van der Waals surface area (Å²) in [5.74, 6) is -0.785. The number of allylic oxidation sites excluding steroid dienone is 1. The van der Waals surface area contributed by atoms with Gasteiger partial charge in [0.2, 0.25) is 11.8 Å². The molecule has 1 aromatic rings. The molecule has 2 N–H and O–H groups in total. The number of carbonyl (C=O) groups is 3. The molecule has 1 unspecified atom stereocenters. The lowest BCUT2D eigenvalue weighted by Gasteiger charge is -2.32. The van der Waals surface area contributed by atoms with E-state index in [4.69, 9.17) is 0 Å². The number of urea groups is 1. The number of nitrogens with zero attached hydrogens (tertiary/aromatic N) is 3. The maximum absolute atomic E-state index is 13.0. The summed E-state index contributed by atoms with van der Waals surface area (Å²) in [6.45, 7) is -0.255. The highest BCUT2D eigenvalue weighted by molar-refractivity contribution is 5.89. The summed E-state index contributed by atoms with van der Waals surface area (Å²) >= 11 is 0. The van der Waals surface area contributed by atoms with Gasteiger partial charge in [0, 0.05) is 20.3 Å². The van der Waals surface area contributed by atoms with Crippen LogP contribution < -0.4 is 15.4 Å². The number of rotatable bonds is 5. The van der Waals surface area contributed by atoms with Gasteiger partial charge in [-0.3, -0.25) is 14.5 Å². The first-order chi connectivity index (χ1) is 15.0. The highest BCUT2D eigenvalue weighted by Crippen LogP contribution is 2.27. The molecule has 172 valence electrons. The van der Waals surface area contributed by atoms with Gasteiger partial charge in [-0.05, 0) is 30.5 Å². The van der Waals surface area contributed by atoms with Crippen molar-refractivity contribution in [3.8, 4) is 5.75 Å².